The highest BCUT2D eigenvalue weighted by atomic mass is 32.2. The molecule has 0 amide bonds. The Morgan fingerprint density at radius 2 is 2.05 bits per heavy atom. The average Bonchev–Trinajstić information content (AvgIpc) is 2.31. The Bertz CT molecular complexity index is 273. The van der Waals surface area contributed by atoms with Gasteiger partial charge in [-0.25, -0.2) is 0 Å². The zero-order chi connectivity index (χ0) is 14.5. The maximum Gasteiger partial charge on any atom is 0.441 e. The van der Waals surface area contributed by atoms with Crippen LogP contribution in [0.2, 0.25) is 0 Å². The van der Waals surface area contributed by atoms with Crippen LogP contribution in [0.25, 0.3) is 0 Å². The Kier molecular flexibility index (Phi) is 6.47. The van der Waals surface area contributed by atoms with E-state index in [0.29, 0.717) is 12.6 Å². The van der Waals surface area contributed by atoms with E-state index in [-0.39, 0.29) is 23.1 Å². The fraction of sp³-hybridized carbons (Fsp3) is 1.00. The van der Waals surface area contributed by atoms with Crippen LogP contribution in [-0.2, 0) is 0 Å². The molecule has 0 aliphatic carbocycles. The minimum atomic E-state index is -4.11. The van der Waals surface area contributed by atoms with Crippen molar-refractivity contribution in [2.24, 2.45) is 0 Å². The van der Waals surface area contributed by atoms with Gasteiger partial charge in [-0.05, 0) is 31.5 Å². The summed E-state index contributed by atoms with van der Waals surface area (Å²) in [5.74, 6) is 0.128. The van der Waals surface area contributed by atoms with Crippen molar-refractivity contribution in [3.05, 3.63) is 0 Å². The molecular weight excluding hydrogens is 273 g/mol. The molecule has 1 aliphatic heterocycles. The van der Waals surface area contributed by atoms with E-state index in [2.05, 4.69) is 31.0 Å². The second-order valence-corrected chi connectivity index (χ2v) is 6.66. The highest BCUT2D eigenvalue weighted by molar-refractivity contribution is 8.00. The fourth-order valence-corrected chi connectivity index (χ4v) is 3.08. The number of alkyl halides is 3. The number of nitrogens with zero attached hydrogens (tertiary/aromatic N) is 1. The maximum absolute atomic E-state index is 12.2. The number of rotatable bonds is 6. The Morgan fingerprint density at radius 1 is 1.37 bits per heavy atom. The Hall–Kier alpha value is 0.0600. The van der Waals surface area contributed by atoms with Gasteiger partial charge in [0.25, 0.3) is 0 Å². The molecular formula is C13H25F3N2S. The maximum atomic E-state index is 12.2. The second-order valence-electron chi connectivity index (χ2n) is 5.50. The van der Waals surface area contributed by atoms with Crippen molar-refractivity contribution >= 4 is 11.8 Å². The lowest BCUT2D eigenvalue weighted by molar-refractivity contribution is -0.0330. The van der Waals surface area contributed by atoms with Gasteiger partial charge in [0, 0.05) is 37.0 Å². The van der Waals surface area contributed by atoms with Crippen LogP contribution >= 0.6 is 11.8 Å². The second kappa shape index (κ2) is 7.18. The van der Waals surface area contributed by atoms with E-state index < -0.39 is 5.51 Å². The van der Waals surface area contributed by atoms with Crippen LogP contribution in [0.3, 0.4) is 0 Å². The number of piperazine rings is 1. The summed E-state index contributed by atoms with van der Waals surface area (Å²) >= 11 is 0.0930. The highest BCUT2D eigenvalue weighted by Crippen LogP contribution is 2.30. The lowest BCUT2D eigenvalue weighted by atomic mass is 9.92. The Morgan fingerprint density at radius 3 is 2.58 bits per heavy atom. The first-order chi connectivity index (χ1) is 8.79. The van der Waals surface area contributed by atoms with Gasteiger partial charge < -0.3 is 5.32 Å². The molecule has 2 unspecified atom stereocenters. The first-order valence-electron chi connectivity index (χ1n) is 6.99. The first kappa shape index (κ1) is 17.1. The number of thioether (sulfide) groups is 1. The zero-order valence-electron chi connectivity index (χ0n) is 12.0. The van der Waals surface area contributed by atoms with Crippen LogP contribution in [-0.4, -0.2) is 47.4 Å². The molecule has 0 spiro atoms. The number of hydrogen-bond donors (Lipinski definition) is 1. The van der Waals surface area contributed by atoms with Gasteiger partial charge in [0.1, 0.15) is 0 Å². The van der Waals surface area contributed by atoms with Gasteiger partial charge >= 0.3 is 5.51 Å². The highest BCUT2D eigenvalue weighted by Gasteiger charge is 2.35. The molecule has 114 valence electrons. The molecule has 1 saturated heterocycles. The smallest absolute Gasteiger partial charge is 0.309 e. The third-order valence-corrected chi connectivity index (χ3v) is 4.59. The molecule has 0 saturated carbocycles. The standard InChI is InChI=1S/C13H25F3N2S/c1-4-6-11-9-17-12(3,5-2)10-18(11)7-8-19-13(14,15)16/h11,17H,4-10H2,1-3H3. The van der Waals surface area contributed by atoms with Gasteiger partial charge in [-0.2, -0.15) is 13.2 Å². The van der Waals surface area contributed by atoms with E-state index in [1.165, 1.54) is 0 Å². The number of nitrogens with one attached hydrogen (secondary N) is 1. The van der Waals surface area contributed by atoms with Crippen molar-refractivity contribution in [2.45, 2.75) is 57.1 Å². The largest absolute Gasteiger partial charge is 0.441 e. The summed E-state index contributed by atoms with van der Waals surface area (Å²) in [4.78, 5) is 2.24. The van der Waals surface area contributed by atoms with E-state index in [0.717, 1.165) is 32.4 Å². The van der Waals surface area contributed by atoms with Crippen molar-refractivity contribution in [1.29, 1.82) is 0 Å². The summed E-state index contributed by atoms with van der Waals surface area (Å²) in [6.07, 6.45) is 3.11. The lowest BCUT2D eigenvalue weighted by Crippen LogP contribution is -2.62. The van der Waals surface area contributed by atoms with Gasteiger partial charge in [-0.15, -0.1) is 0 Å². The first-order valence-corrected chi connectivity index (χ1v) is 7.98. The van der Waals surface area contributed by atoms with Crippen LogP contribution in [0.4, 0.5) is 13.2 Å². The van der Waals surface area contributed by atoms with Crippen molar-refractivity contribution < 1.29 is 13.2 Å². The van der Waals surface area contributed by atoms with Crippen LogP contribution in [0, 0.1) is 0 Å². The molecule has 1 aliphatic rings. The van der Waals surface area contributed by atoms with Gasteiger partial charge in [-0.1, -0.05) is 20.3 Å². The fourth-order valence-electron chi connectivity index (χ4n) is 2.52. The summed E-state index contributed by atoms with van der Waals surface area (Å²) in [6.45, 7) is 8.64. The Labute approximate surface area is 118 Å². The lowest BCUT2D eigenvalue weighted by Gasteiger charge is -2.46. The molecule has 0 aromatic heterocycles. The summed E-state index contributed by atoms with van der Waals surface area (Å²) < 4.78 is 36.6. The topological polar surface area (TPSA) is 15.3 Å². The van der Waals surface area contributed by atoms with Crippen LogP contribution in [0.1, 0.15) is 40.0 Å². The van der Waals surface area contributed by atoms with Gasteiger partial charge in [-0.3, -0.25) is 4.90 Å². The molecule has 1 fully saturated rings. The minimum Gasteiger partial charge on any atom is -0.309 e. The molecule has 1 rings (SSSR count). The quantitative estimate of drug-likeness (QED) is 0.808. The summed E-state index contributed by atoms with van der Waals surface area (Å²) in [6, 6.07) is 0.374. The van der Waals surface area contributed by atoms with Gasteiger partial charge in [0.15, 0.2) is 0 Å². The van der Waals surface area contributed by atoms with Crippen molar-refractivity contribution in [1.82, 2.24) is 10.2 Å². The van der Waals surface area contributed by atoms with E-state index in [1.54, 1.807) is 0 Å². The molecule has 0 aromatic carbocycles. The Balaban J connectivity index is 2.52. The zero-order valence-corrected chi connectivity index (χ0v) is 12.8. The number of hydrogen-bond acceptors (Lipinski definition) is 3. The molecule has 6 heteroatoms. The number of halogens is 3. The molecule has 2 atom stereocenters. The SMILES string of the molecule is CCCC1CNC(C)(CC)CN1CCSC(F)(F)F. The van der Waals surface area contributed by atoms with E-state index >= 15 is 0 Å². The monoisotopic (exact) mass is 298 g/mol. The minimum absolute atomic E-state index is 0.0349. The predicted molar refractivity (Wildman–Crippen MR) is 75.5 cm³/mol. The molecule has 0 aromatic rings. The summed E-state index contributed by atoms with van der Waals surface area (Å²) in [5, 5.41) is 3.55. The van der Waals surface area contributed by atoms with Crippen LogP contribution in [0.15, 0.2) is 0 Å². The normalized spacial score (nSPS) is 29.7. The summed E-state index contributed by atoms with van der Waals surface area (Å²) in [5.41, 5.74) is -4.07. The molecule has 0 radical (unpaired) electrons. The molecule has 1 heterocycles. The summed E-state index contributed by atoms with van der Waals surface area (Å²) in [7, 11) is 0. The molecule has 0 bridgehead atoms. The third-order valence-electron chi connectivity index (χ3n) is 3.88. The van der Waals surface area contributed by atoms with Crippen molar-refractivity contribution in [2.75, 3.05) is 25.4 Å². The molecule has 19 heavy (non-hydrogen) atoms. The van der Waals surface area contributed by atoms with E-state index in [4.69, 9.17) is 0 Å². The van der Waals surface area contributed by atoms with E-state index in [9.17, 15) is 13.2 Å². The van der Waals surface area contributed by atoms with Crippen molar-refractivity contribution in [3.63, 3.8) is 0 Å². The predicted octanol–water partition coefficient (Wildman–Crippen LogP) is 3.48. The van der Waals surface area contributed by atoms with Gasteiger partial charge in [0.05, 0.1) is 0 Å². The van der Waals surface area contributed by atoms with Crippen molar-refractivity contribution in [3.8, 4) is 0 Å². The van der Waals surface area contributed by atoms with Crippen LogP contribution in [0.5, 0.6) is 0 Å². The molecule has 1 N–H and O–H groups in total. The van der Waals surface area contributed by atoms with E-state index in [1.807, 2.05) is 0 Å². The third kappa shape index (κ3) is 5.92. The van der Waals surface area contributed by atoms with Gasteiger partial charge in [0.2, 0.25) is 0 Å². The molecule has 2 nitrogen and oxygen atoms in total. The average molecular weight is 298 g/mol. The van der Waals surface area contributed by atoms with Crippen LogP contribution < -0.4 is 5.32 Å².